The predicted molar refractivity (Wildman–Crippen MR) is 140 cm³/mol. The van der Waals surface area contributed by atoms with Gasteiger partial charge < -0.3 is 14.6 Å². The van der Waals surface area contributed by atoms with Gasteiger partial charge in [-0.15, -0.1) is 23.7 Å². The summed E-state index contributed by atoms with van der Waals surface area (Å²) in [5, 5.41) is 5.16. The van der Waals surface area contributed by atoms with Crippen LogP contribution in [-0.4, -0.2) is 16.5 Å². The summed E-state index contributed by atoms with van der Waals surface area (Å²) in [5.74, 6) is 1.54. The minimum absolute atomic E-state index is 0. The number of anilines is 1. The number of halogens is 1. The number of hydrogen-bond donors (Lipinski definition) is 1. The van der Waals surface area contributed by atoms with E-state index in [0.29, 0.717) is 18.5 Å². The number of ether oxygens (including phenoxy) is 1. The van der Waals surface area contributed by atoms with Gasteiger partial charge in [-0.1, -0.05) is 43.9 Å². The average molecular weight is 498 g/mol. The first-order valence-electron chi connectivity index (χ1n) is 12.1. The SMILES string of the molecule is Cl.O=C(Cc1csc(=NC2CCCCCC2)n1C1CC1)Nc1ccc(Oc2ccccc2)cc1. The number of amides is 1. The molecular weight excluding hydrogens is 466 g/mol. The molecule has 34 heavy (non-hydrogen) atoms. The van der Waals surface area contributed by atoms with E-state index in [9.17, 15) is 4.79 Å². The van der Waals surface area contributed by atoms with Crippen molar-refractivity contribution < 1.29 is 9.53 Å². The number of para-hydroxylation sites is 1. The van der Waals surface area contributed by atoms with Crippen molar-refractivity contribution in [3.05, 3.63) is 70.5 Å². The second kappa shape index (κ2) is 11.7. The number of benzene rings is 2. The second-order valence-electron chi connectivity index (χ2n) is 9.05. The summed E-state index contributed by atoms with van der Waals surface area (Å²) in [6.07, 6.45) is 10.4. The van der Waals surface area contributed by atoms with Crippen LogP contribution in [0.2, 0.25) is 0 Å². The average Bonchev–Trinajstić information content (AvgIpc) is 3.63. The summed E-state index contributed by atoms with van der Waals surface area (Å²) in [4.78, 5) is 19.1. The summed E-state index contributed by atoms with van der Waals surface area (Å²) >= 11 is 1.70. The summed E-state index contributed by atoms with van der Waals surface area (Å²) < 4.78 is 8.17. The molecule has 2 fully saturated rings. The van der Waals surface area contributed by atoms with Crippen LogP contribution in [0.3, 0.4) is 0 Å². The first-order valence-corrected chi connectivity index (χ1v) is 13.0. The van der Waals surface area contributed by atoms with Crippen LogP contribution < -0.4 is 14.9 Å². The zero-order chi connectivity index (χ0) is 22.5. The minimum Gasteiger partial charge on any atom is -0.457 e. The molecule has 2 aromatic carbocycles. The molecule has 0 unspecified atom stereocenters. The smallest absolute Gasteiger partial charge is 0.230 e. The Hall–Kier alpha value is -2.57. The van der Waals surface area contributed by atoms with E-state index in [4.69, 9.17) is 9.73 Å². The number of rotatable bonds is 7. The molecule has 1 amide bonds. The topological polar surface area (TPSA) is 55.6 Å². The highest BCUT2D eigenvalue weighted by Gasteiger charge is 2.28. The van der Waals surface area contributed by atoms with Gasteiger partial charge in [0.2, 0.25) is 5.91 Å². The maximum Gasteiger partial charge on any atom is 0.230 e. The third-order valence-electron chi connectivity index (χ3n) is 6.30. The van der Waals surface area contributed by atoms with Gasteiger partial charge in [-0.05, 0) is 62.1 Å². The van der Waals surface area contributed by atoms with Gasteiger partial charge >= 0.3 is 0 Å². The van der Waals surface area contributed by atoms with Crippen LogP contribution in [0.4, 0.5) is 5.69 Å². The third-order valence-corrected chi connectivity index (χ3v) is 7.21. The lowest BCUT2D eigenvalue weighted by Crippen LogP contribution is -2.23. The fourth-order valence-corrected chi connectivity index (χ4v) is 5.47. The van der Waals surface area contributed by atoms with Crippen LogP contribution in [0, 0.1) is 0 Å². The van der Waals surface area contributed by atoms with E-state index < -0.39 is 0 Å². The number of carbonyl (C=O) groups excluding carboxylic acids is 1. The second-order valence-corrected chi connectivity index (χ2v) is 9.89. The van der Waals surface area contributed by atoms with Crippen LogP contribution in [0.1, 0.15) is 63.1 Å². The molecule has 2 aliphatic rings. The number of thiazole rings is 1. The number of hydrogen-bond acceptors (Lipinski definition) is 4. The predicted octanol–water partition coefficient (Wildman–Crippen LogP) is 6.90. The Labute approximate surface area is 211 Å². The highest BCUT2D eigenvalue weighted by molar-refractivity contribution is 7.07. The van der Waals surface area contributed by atoms with Gasteiger partial charge in [0.25, 0.3) is 0 Å². The number of carbonyl (C=O) groups is 1. The van der Waals surface area contributed by atoms with Gasteiger partial charge in [-0.3, -0.25) is 9.79 Å². The lowest BCUT2D eigenvalue weighted by molar-refractivity contribution is -0.115. The van der Waals surface area contributed by atoms with Crippen molar-refractivity contribution in [2.75, 3.05) is 5.32 Å². The van der Waals surface area contributed by atoms with Crippen LogP contribution in [0.15, 0.2) is 65.0 Å². The Balaban J connectivity index is 0.00000274. The molecular formula is C27H32ClN3O2S. The Bertz CT molecular complexity index is 1130. The van der Waals surface area contributed by atoms with E-state index in [1.807, 2.05) is 54.6 Å². The molecule has 5 nitrogen and oxygen atoms in total. The van der Waals surface area contributed by atoms with Gasteiger partial charge in [0, 0.05) is 22.8 Å². The number of aromatic nitrogens is 1. The maximum atomic E-state index is 12.8. The van der Waals surface area contributed by atoms with E-state index in [2.05, 4.69) is 15.3 Å². The van der Waals surface area contributed by atoms with E-state index in [0.717, 1.165) is 27.7 Å². The summed E-state index contributed by atoms with van der Waals surface area (Å²) in [7, 11) is 0. The largest absolute Gasteiger partial charge is 0.457 e. The highest BCUT2D eigenvalue weighted by atomic mass is 35.5. The van der Waals surface area contributed by atoms with Crippen molar-refractivity contribution in [2.24, 2.45) is 4.99 Å². The van der Waals surface area contributed by atoms with Gasteiger partial charge in [-0.2, -0.15) is 0 Å². The Morgan fingerprint density at radius 1 is 0.941 bits per heavy atom. The lowest BCUT2D eigenvalue weighted by Gasteiger charge is -2.11. The molecule has 3 aromatic rings. The van der Waals surface area contributed by atoms with Crippen LogP contribution in [0.5, 0.6) is 11.5 Å². The van der Waals surface area contributed by atoms with Crippen molar-refractivity contribution in [3.63, 3.8) is 0 Å². The van der Waals surface area contributed by atoms with E-state index >= 15 is 0 Å². The molecule has 0 bridgehead atoms. The maximum absolute atomic E-state index is 12.8. The third kappa shape index (κ3) is 6.51. The molecule has 2 aliphatic carbocycles. The Kier molecular flexibility index (Phi) is 8.46. The quantitative estimate of drug-likeness (QED) is 0.361. The van der Waals surface area contributed by atoms with E-state index in [1.54, 1.807) is 11.3 Å². The highest BCUT2D eigenvalue weighted by Crippen LogP contribution is 2.35. The van der Waals surface area contributed by atoms with E-state index in [-0.39, 0.29) is 18.3 Å². The number of nitrogens with one attached hydrogen (secondary N) is 1. The fraction of sp³-hybridized carbons (Fsp3) is 0.407. The normalized spacial score (nSPS) is 17.0. The van der Waals surface area contributed by atoms with Gasteiger partial charge in [-0.25, -0.2) is 0 Å². The molecule has 0 aliphatic heterocycles. The first kappa shape index (κ1) is 24.6. The molecule has 1 N–H and O–H groups in total. The van der Waals surface area contributed by atoms with Gasteiger partial charge in [0.1, 0.15) is 11.5 Å². The zero-order valence-corrected chi connectivity index (χ0v) is 21.0. The molecule has 2 saturated carbocycles. The molecule has 180 valence electrons. The zero-order valence-electron chi connectivity index (χ0n) is 19.3. The first-order chi connectivity index (χ1) is 16.2. The fourth-order valence-electron chi connectivity index (χ4n) is 4.44. The van der Waals surface area contributed by atoms with E-state index in [1.165, 1.54) is 51.4 Å². The lowest BCUT2D eigenvalue weighted by atomic mass is 10.1. The summed E-state index contributed by atoms with van der Waals surface area (Å²) in [6, 6.07) is 18.1. The molecule has 1 aromatic heterocycles. The molecule has 0 atom stereocenters. The van der Waals surface area contributed by atoms with Crippen molar-refractivity contribution in [3.8, 4) is 11.5 Å². The molecule has 0 saturated heterocycles. The molecule has 7 heteroatoms. The summed E-state index contributed by atoms with van der Waals surface area (Å²) in [6.45, 7) is 0. The Morgan fingerprint density at radius 3 is 2.29 bits per heavy atom. The van der Waals surface area contributed by atoms with Gasteiger partial charge in [0.15, 0.2) is 4.80 Å². The molecule has 5 rings (SSSR count). The monoisotopic (exact) mass is 497 g/mol. The molecule has 0 radical (unpaired) electrons. The standard InChI is InChI=1S/C27H31N3O2S.ClH/c31-26(28-21-12-16-25(17-13-21)32-24-10-6-3-7-11-24)18-23-19-33-27(30(23)22-14-15-22)29-20-8-4-1-2-5-9-20;/h3,6-7,10-13,16-17,19-20,22H,1-2,4-5,8-9,14-15,18H2,(H,28,31);1H. The number of nitrogens with zero attached hydrogens (tertiary/aromatic N) is 2. The van der Waals surface area contributed by atoms with Gasteiger partial charge in [0.05, 0.1) is 12.5 Å². The van der Waals surface area contributed by atoms with Crippen molar-refractivity contribution >= 4 is 35.3 Å². The van der Waals surface area contributed by atoms with Crippen molar-refractivity contribution in [2.45, 2.75) is 69.9 Å². The summed E-state index contributed by atoms with van der Waals surface area (Å²) in [5.41, 5.74) is 1.85. The van der Waals surface area contributed by atoms with Crippen molar-refractivity contribution in [1.82, 2.24) is 4.57 Å². The van der Waals surface area contributed by atoms with Crippen LogP contribution in [0.25, 0.3) is 0 Å². The molecule has 0 spiro atoms. The van der Waals surface area contributed by atoms with Crippen molar-refractivity contribution in [1.29, 1.82) is 0 Å². The Morgan fingerprint density at radius 2 is 1.62 bits per heavy atom. The van der Waals surface area contributed by atoms with Crippen LogP contribution in [-0.2, 0) is 11.2 Å². The van der Waals surface area contributed by atoms with Crippen LogP contribution >= 0.6 is 23.7 Å². The molecule has 1 heterocycles. The minimum atomic E-state index is -0.0000517.